The van der Waals surface area contributed by atoms with E-state index in [-0.39, 0.29) is 29.6 Å². The van der Waals surface area contributed by atoms with E-state index in [1.54, 1.807) is 13.0 Å². The first kappa shape index (κ1) is 26.2. The molecule has 0 radical (unpaired) electrons. The molecule has 0 bridgehead atoms. The summed E-state index contributed by atoms with van der Waals surface area (Å²) in [6.07, 6.45) is 4.40. The molecule has 2 aliphatic rings. The van der Waals surface area contributed by atoms with Crippen molar-refractivity contribution in [1.82, 2.24) is 14.5 Å². The summed E-state index contributed by atoms with van der Waals surface area (Å²) in [4.78, 5) is 31.4. The Kier molecular flexibility index (Phi) is 7.44. The van der Waals surface area contributed by atoms with Crippen LogP contribution in [-0.4, -0.2) is 52.2 Å². The number of aromatic nitrogens is 1. The maximum atomic E-state index is 14.1. The Balaban J connectivity index is 1.79. The molecule has 0 fully saturated rings. The van der Waals surface area contributed by atoms with Crippen molar-refractivity contribution >= 4 is 5.91 Å². The van der Waals surface area contributed by atoms with E-state index in [9.17, 15) is 9.59 Å². The van der Waals surface area contributed by atoms with E-state index in [0.29, 0.717) is 11.3 Å². The van der Waals surface area contributed by atoms with Gasteiger partial charge in [0.2, 0.25) is 0 Å². The highest BCUT2D eigenvalue weighted by Crippen LogP contribution is 2.40. The largest absolute Gasteiger partial charge is 0.313 e. The molecule has 1 aliphatic heterocycles. The fourth-order valence-electron chi connectivity index (χ4n) is 6.37. The monoisotopic (exact) mass is 512 g/mol. The molecule has 1 aliphatic carbocycles. The molecule has 2 aromatic carbocycles. The minimum absolute atomic E-state index is 0.0218. The van der Waals surface area contributed by atoms with Gasteiger partial charge in [-0.15, -0.1) is 0 Å². The van der Waals surface area contributed by atoms with Crippen molar-refractivity contribution in [3.63, 3.8) is 0 Å². The van der Waals surface area contributed by atoms with Gasteiger partial charge in [-0.1, -0.05) is 62.4 Å². The fraction of sp³-hybridized carbons (Fsp3) is 0.438. The third-order valence-electron chi connectivity index (χ3n) is 8.42. The van der Waals surface area contributed by atoms with Gasteiger partial charge < -0.3 is 9.80 Å². The van der Waals surface area contributed by atoms with Crippen LogP contribution in [0.5, 0.6) is 0 Å². The maximum Gasteiger partial charge on any atom is 0.274 e. The van der Waals surface area contributed by atoms with Crippen LogP contribution in [0.3, 0.4) is 0 Å². The Labute approximate surface area is 226 Å². The van der Waals surface area contributed by atoms with Crippen LogP contribution < -0.4 is 10.4 Å². The number of carbonyl (C=O) groups is 1. The Morgan fingerprint density at radius 3 is 2.03 bits per heavy atom. The summed E-state index contributed by atoms with van der Waals surface area (Å²) in [6, 6.07) is 19.0. The minimum atomic E-state index is -0.179. The smallest absolute Gasteiger partial charge is 0.274 e. The lowest BCUT2D eigenvalue weighted by Gasteiger charge is -2.52. The molecule has 0 saturated carbocycles. The van der Waals surface area contributed by atoms with E-state index in [1.165, 1.54) is 22.3 Å². The van der Waals surface area contributed by atoms with Crippen molar-refractivity contribution in [3.05, 3.63) is 105 Å². The van der Waals surface area contributed by atoms with Crippen LogP contribution in [-0.2, 0) is 12.8 Å². The van der Waals surface area contributed by atoms with Gasteiger partial charge in [-0.2, -0.15) is 0 Å². The zero-order valence-corrected chi connectivity index (χ0v) is 23.4. The summed E-state index contributed by atoms with van der Waals surface area (Å²) in [6.45, 7) is 13.2. The van der Waals surface area contributed by atoms with Gasteiger partial charge in [0.15, 0.2) is 5.43 Å². The summed E-state index contributed by atoms with van der Waals surface area (Å²) in [5, 5.41) is 2.40. The van der Waals surface area contributed by atoms with E-state index in [2.05, 4.69) is 86.1 Å². The number of benzene rings is 2. The van der Waals surface area contributed by atoms with Gasteiger partial charge in [-0.25, -0.2) is 0 Å². The van der Waals surface area contributed by atoms with Crippen LogP contribution in [0.25, 0.3) is 0 Å². The van der Waals surface area contributed by atoms with Crippen LogP contribution in [0.15, 0.2) is 65.6 Å². The van der Waals surface area contributed by atoms with Crippen LogP contribution in [0.2, 0.25) is 0 Å². The molecule has 5 rings (SSSR count). The predicted octanol–water partition coefficient (Wildman–Crippen LogP) is 4.91. The van der Waals surface area contributed by atoms with Gasteiger partial charge in [0.1, 0.15) is 11.9 Å². The summed E-state index contributed by atoms with van der Waals surface area (Å²) >= 11 is 0. The molecule has 0 spiro atoms. The van der Waals surface area contributed by atoms with E-state index in [0.717, 1.165) is 38.9 Å². The second kappa shape index (κ2) is 10.8. The molecule has 0 saturated heterocycles. The number of fused-ring (bicyclic) bond motifs is 3. The van der Waals surface area contributed by atoms with Crippen LogP contribution in [0, 0.1) is 6.92 Å². The highest BCUT2D eigenvalue weighted by atomic mass is 16.2. The number of hydrogen-bond donors (Lipinski definition) is 0. The van der Waals surface area contributed by atoms with Crippen molar-refractivity contribution in [3.8, 4) is 0 Å². The zero-order valence-electron chi connectivity index (χ0n) is 23.4. The highest BCUT2D eigenvalue weighted by molar-refractivity contribution is 5.95. The molecule has 3 aromatic rings. The number of hydrogen-bond acceptors (Lipinski definition) is 4. The lowest BCUT2D eigenvalue weighted by Crippen LogP contribution is -2.64. The van der Waals surface area contributed by atoms with Crippen LogP contribution in [0.1, 0.15) is 78.5 Å². The maximum absolute atomic E-state index is 14.1. The number of rotatable bonds is 7. The standard InChI is InChI=1S/C32H40N4O2/c1-6-33(7-2)20-19-29-35(22(3)4)32(38)30-23(5)28(37)18-21-34(30)36(29)31-26-14-10-8-12-24(26)16-17-25-13-9-11-15-27(25)31/h8-15,18,21-22,29,31H,6-7,16-17,19-20H2,1-5H3. The molecule has 2 heterocycles. The molecule has 1 aromatic heterocycles. The number of aryl methyl sites for hydroxylation is 2. The molecular weight excluding hydrogens is 472 g/mol. The Morgan fingerprint density at radius 2 is 1.47 bits per heavy atom. The molecular formula is C32H40N4O2. The first-order chi connectivity index (χ1) is 18.4. The number of pyridine rings is 1. The van der Waals surface area contributed by atoms with E-state index < -0.39 is 0 Å². The van der Waals surface area contributed by atoms with Gasteiger partial charge in [0.05, 0.1) is 6.04 Å². The second-order valence-corrected chi connectivity index (χ2v) is 10.8. The summed E-state index contributed by atoms with van der Waals surface area (Å²) in [7, 11) is 0. The highest BCUT2D eigenvalue weighted by Gasteiger charge is 2.44. The van der Waals surface area contributed by atoms with Gasteiger partial charge in [-0.05, 0) is 69.0 Å². The van der Waals surface area contributed by atoms with Crippen molar-refractivity contribution < 1.29 is 4.79 Å². The molecule has 1 atom stereocenters. The van der Waals surface area contributed by atoms with E-state index in [1.807, 2.05) is 15.8 Å². The first-order valence-corrected chi connectivity index (χ1v) is 14.1. The lowest BCUT2D eigenvalue weighted by atomic mass is 9.92. The van der Waals surface area contributed by atoms with E-state index in [4.69, 9.17) is 0 Å². The van der Waals surface area contributed by atoms with Crippen molar-refractivity contribution in [1.29, 1.82) is 0 Å². The molecule has 6 heteroatoms. The van der Waals surface area contributed by atoms with Crippen molar-refractivity contribution in [2.45, 2.75) is 72.1 Å². The third kappa shape index (κ3) is 4.45. The number of amides is 1. The average molecular weight is 513 g/mol. The van der Waals surface area contributed by atoms with Gasteiger partial charge in [-0.3, -0.25) is 19.3 Å². The number of nitrogens with zero attached hydrogens (tertiary/aromatic N) is 4. The Bertz CT molecular complexity index is 1330. The topological polar surface area (TPSA) is 48.8 Å². The van der Waals surface area contributed by atoms with Crippen LogP contribution in [0.4, 0.5) is 0 Å². The quantitative estimate of drug-likeness (QED) is 0.452. The molecule has 200 valence electrons. The van der Waals surface area contributed by atoms with Crippen molar-refractivity contribution in [2.24, 2.45) is 0 Å². The summed E-state index contributed by atoms with van der Waals surface area (Å²) in [5.41, 5.74) is 6.09. The predicted molar refractivity (Wildman–Crippen MR) is 153 cm³/mol. The van der Waals surface area contributed by atoms with Crippen molar-refractivity contribution in [2.75, 3.05) is 24.6 Å². The number of carbonyl (C=O) groups excluding carboxylic acids is 1. The van der Waals surface area contributed by atoms with Gasteiger partial charge >= 0.3 is 0 Å². The molecule has 6 nitrogen and oxygen atoms in total. The summed E-state index contributed by atoms with van der Waals surface area (Å²) in [5.74, 6) is -0.0637. The fourth-order valence-corrected chi connectivity index (χ4v) is 6.37. The van der Waals surface area contributed by atoms with E-state index >= 15 is 0 Å². The third-order valence-corrected chi connectivity index (χ3v) is 8.42. The van der Waals surface area contributed by atoms with Gasteiger partial charge in [0.25, 0.3) is 5.91 Å². The molecule has 1 unspecified atom stereocenters. The zero-order chi connectivity index (χ0) is 27.0. The van der Waals surface area contributed by atoms with Gasteiger partial charge in [0, 0.05) is 36.8 Å². The second-order valence-electron chi connectivity index (χ2n) is 10.8. The lowest BCUT2D eigenvalue weighted by molar-refractivity contribution is 0.0433. The minimum Gasteiger partial charge on any atom is -0.313 e. The Hall–Kier alpha value is -3.38. The molecule has 0 N–H and O–H groups in total. The van der Waals surface area contributed by atoms with Crippen LogP contribution >= 0.6 is 0 Å². The normalized spacial score (nSPS) is 17.4. The SMILES string of the molecule is CCN(CC)CCC1N(C(C)C)C(=O)c2c(C)c(=O)ccn2N1C1c2ccccc2CCc2ccccc21. The first-order valence-electron chi connectivity index (χ1n) is 14.1. The Morgan fingerprint density at radius 1 is 0.895 bits per heavy atom. The average Bonchev–Trinajstić information content (AvgIpc) is 3.08. The molecule has 38 heavy (non-hydrogen) atoms. The molecule has 1 amide bonds. The summed E-state index contributed by atoms with van der Waals surface area (Å²) < 4.78 is 2.01.